The molecule has 1 spiro atoms. The van der Waals surface area contributed by atoms with Crippen LogP contribution >= 0.6 is 0 Å². The van der Waals surface area contributed by atoms with Crippen LogP contribution in [0, 0.1) is 29.6 Å². The van der Waals surface area contributed by atoms with Crippen molar-refractivity contribution in [1.29, 1.82) is 0 Å². The molecular weight excluding hydrogens is 833 g/mol. The molecule has 16 heteroatoms. The number of carbonyl (C=O) groups is 1. The molecule has 16 nitrogen and oxygen atoms in total. The Labute approximate surface area is 380 Å². The molecule has 2 bridgehead atoms. The van der Waals surface area contributed by atoms with Gasteiger partial charge in [-0.15, -0.1) is 0 Å². The van der Waals surface area contributed by atoms with E-state index < -0.39 is 102 Å². The highest BCUT2D eigenvalue weighted by Gasteiger charge is 2.55. The molecule has 0 radical (unpaired) electrons. The van der Waals surface area contributed by atoms with Crippen LogP contribution in [0.15, 0.2) is 24.3 Å². The molecule has 0 aromatic heterocycles. The zero-order valence-corrected chi connectivity index (χ0v) is 39.9. The summed E-state index contributed by atoms with van der Waals surface area (Å²) >= 11 is 0. The van der Waals surface area contributed by atoms with Crippen molar-refractivity contribution in [2.45, 2.75) is 222 Å². The Bertz CT molecular complexity index is 1540. The number of methoxy groups -OCH3 is 2. The predicted octanol–water partition coefficient (Wildman–Crippen LogP) is 3.81. The van der Waals surface area contributed by atoms with Crippen molar-refractivity contribution in [3.8, 4) is 0 Å². The topological polar surface area (TPSA) is 233 Å². The van der Waals surface area contributed by atoms with E-state index in [4.69, 9.17) is 37.9 Å². The van der Waals surface area contributed by atoms with Gasteiger partial charge >= 0.3 is 5.97 Å². The first kappa shape index (κ1) is 53.3. The Morgan fingerprint density at radius 2 is 1.62 bits per heavy atom. The van der Waals surface area contributed by atoms with Crippen LogP contribution < -0.4 is 0 Å². The van der Waals surface area contributed by atoms with Gasteiger partial charge in [0.2, 0.25) is 0 Å². The third-order valence-electron chi connectivity index (χ3n) is 15.1. The van der Waals surface area contributed by atoms with E-state index in [9.17, 15) is 40.5 Å². The maximum atomic E-state index is 13.8. The van der Waals surface area contributed by atoms with Crippen LogP contribution in [0.3, 0.4) is 0 Å². The second-order valence-electron chi connectivity index (χ2n) is 20.4. The van der Waals surface area contributed by atoms with Crippen molar-refractivity contribution in [1.82, 2.24) is 0 Å². The normalized spacial score (nSPS) is 49.7. The van der Waals surface area contributed by atoms with Crippen molar-refractivity contribution >= 4 is 5.97 Å². The number of aliphatic hydroxyl groups is 7. The number of esters is 1. The highest BCUT2D eigenvalue weighted by Crippen LogP contribution is 2.49. The Balaban J connectivity index is 1.51. The first-order chi connectivity index (χ1) is 30.0. The number of rotatable bonds is 7. The van der Waals surface area contributed by atoms with Crippen molar-refractivity contribution < 1.29 is 78.4 Å². The number of hydrogen-bond acceptors (Lipinski definition) is 16. The maximum absolute atomic E-state index is 13.8. The fraction of sp³-hybridized carbons (Fsp3) is 0.896. The molecule has 0 amide bonds. The van der Waals surface area contributed by atoms with Gasteiger partial charge in [-0.2, -0.15) is 0 Å². The molecule has 4 saturated heterocycles. The van der Waals surface area contributed by atoms with Crippen molar-refractivity contribution in [2.24, 2.45) is 29.6 Å². The number of hydrogen-bond donors (Lipinski definition) is 7. The summed E-state index contributed by atoms with van der Waals surface area (Å²) in [5, 5.41) is 80.2. The maximum Gasteiger partial charge on any atom is 0.330 e. The van der Waals surface area contributed by atoms with E-state index in [1.54, 1.807) is 14.0 Å². The molecule has 5 heterocycles. The van der Waals surface area contributed by atoms with Crippen molar-refractivity contribution in [3.63, 3.8) is 0 Å². The van der Waals surface area contributed by atoms with Gasteiger partial charge in [0.15, 0.2) is 17.9 Å². The van der Waals surface area contributed by atoms with Crippen LogP contribution in [0.5, 0.6) is 0 Å². The van der Waals surface area contributed by atoms with Crippen LogP contribution in [0.1, 0.15) is 126 Å². The quantitative estimate of drug-likeness (QED) is 0.142. The van der Waals surface area contributed by atoms with Crippen LogP contribution in [0.2, 0.25) is 0 Å². The van der Waals surface area contributed by atoms with E-state index in [1.165, 1.54) is 27.9 Å². The molecule has 0 saturated carbocycles. The molecule has 64 heavy (non-hydrogen) atoms. The first-order valence-electron chi connectivity index (χ1n) is 23.8. The SMILES string of the molecule is CC[C@@H](O)C[C@@H]1O[C@@]2(CC[C@@H]1C)C[C@@H]1OC(=O)/C=C\[C@@](C)(O)[C@@H](O)[C@H](C)[C@@H](O)[C@H](O[C@H]3C[C@H](OC)[C@H](O)[C@@H](C)O3)[C@@H](O)[C@](C)(O)CCC/C=C\[C@@H]3C[C@H](C)CO[C@@]3(OC)C[C@H](O2)[C@H]1C. The van der Waals surface area contributed by atoms with Crippen LogP contribution in [-0.4, -0.2) is 159 Å². The van der Waals surface area contributed by atoms with Crippen LogP contribution in [-0.2, 0) is 42.7 Å². The van der Waals surface area contributed by atoms with Gasteiger partial charge in [-0.1, -0.05) is 46.8 Å². The van der Waals surface area contributed by atoms with Gasteiger partial charge in [-0.3, -0.25) is 0 Å². The second kappa shape index (κ2) is 22.2. The smallest absolute Gasteiger partial charge is 0.330 e. The zero-order chi connectivity index (χ0) is 47.4. The summed E-state index contributed by atoms with van der Waals surface area (Å²) in [6, 6.07) is 0. The lowest BCUT2D eigenvalue weighted by molar-refractivity contribution is -0.364. The molecule has 4 fully saturated rings. The summed E-state index contributed by atoms with van der Waals surface area (Å²) in [4.78, 5) is 13.8. The van der Waals surface area contributed by atoms with E-state index in [0.29, 0.717) is 38.7 Å². The molecule has 0 unspecified atom stereocenters. The molecule has 5 rings (SSSR count). The number of allylic oxidation sites excluding steroid dienone is 1. The van der Waals surface area contributed by atoms with E-state index in [2.05, 4.69) is 19.9 Å². The highest BCUT2D eigenvalue weighted by molar-refractivity contribution is 5.82. The summed E-state index contributed by atoms with van der Waals surface area (Å²) in [6.07, 6.45) is -1.38. The Kier molecular flexibility index (Phi) is 18.5. The minimum absolute atomic E-state index is 0.0399. The van der Waals surface area contributed by atoms with Gasteiger partial charge in [-0.05, 0) is 83.6 Å². The lowest BCUT2D eigenvalue weighted by atomic mass is 9.77. The molecule has 5 aliphatic heterocycles. The first-order valence-corrected chi connectivity index (χ1v) is 23.8. The summed E-state index contributed by atoms with van der Waals surface area (Å²) < 4.78 is 50.6. The molecule has 0 aliphatic carbocycles. The summed E-state index contributed by atoms with van der Waals surface area (Å²) in [5.41, 5.74) is -3.93. The molecule has 370 valence electrons. The third kappa shape index (κ3) is 12.5. The molecular formula is C48H82O16. The highest BCUT2D eigenvalue weighted by atomic mass is 16.7. The number of aliphatic hydroxyl groups excluding tert-OH is 5. The van der Waals surface area contributed by atoms with Crippen LogP contribution in [0.4, 0.5) is 0 Å². The summed E-state index contributed by atoms with van der Waals surface area (Å²) in [6.45, 7) is 14.4. The molecule has 0 aromatic rings. The van der Waals surface area contributed by atoms with Gasteiger partial charge in [0.1, 0.15) is 30.0 Å². The van der Waals surface area contributed by atoms with E-state index in [1.807, 2.05) is 19.9 Å². The monoisotopic (exact) mass is 915 g/mol. The van der Waals surface area contributed by atoms with E-state index in [0.717, 1.165) is 25.0 Å². The Morgan fingerprint density at radius 1 is 0.906 bits per heavy atom. The number of ether oxygens (including phenoxy) is 8. The summed E-state index contributed by atoms with van der Waals surface area (Å²) in [7, 11) is 3.06. The zero-order valence-electron chi connectivity index (χ0n) is 39.9. The number of fused-ring (bicyclic) bond motifs is 3. The van der Waals surface area contributed by atoms with E-state index in [-0.39, 0.29) is 55.5 Å². The van der Waals surface area contributed by atoms with Gasteiger partial charge < -0.3 is 73.6 Å². The summed E-state index contributed by atoms with van der Waals surface area (Å²) in [5.74, 6) is -4.44. The van der Waals surface area contributed by atoms with Gasteiger partial charge in [0, 0.05) is 63.7 Å². The third-order valence-corrected chi connectivity index (χ3v) is 15.1. The second-order valence-corrected chi connectivity index (χ2v) is 20.4. The van der Waals surface area contributed by atoms with Crippen molar-refractivity contribution in [2.75, 3.05) is 20.8 Å². The van der Waals surface area contributed by atoms with Crippen LogP contribution in [0.25, 0.3) is 0 Å². The number of carbonyl (C=O) groups excluding carboxylic acids is 1. The van der Waals surface area contributed by atoms with Crippen molar-refractivity contribution in [3.05, 3.63) is 24.3 Å². The standard InChI is InChI=1S/C48H82O16/c1-11-33(49)22-34-28(3)16-20-47(63-34)24-36-29(4)37(64-47)25-48(58-10)32(21-27(2)26-59-48)15-13-12-14-18-45(7,55)44(54)42(62-39-23-35(57-9)41(52)31(6)60-39)40(51)30(5)43(53)46(8,56)19-17-38(50)61-36/h13,15,17,19,27-37,39-44,49,51-56H,11-12,14,16,18,20-26H2,1-10H3/b15-13-,19-17-/t27-,28-,29-,30+,31+,32+,33+,34-,35-,36-,37-,39-,40+,41+,42-,43-,44+,45+,46+,47+,48-/m0/s1. The minimum atomic E-state index is -2.11. The molecule has 7 N–H and O–H groups in total. The van der Waals surface area contributed by atoms with Gasteiger partial charge in [-0.25, -0.2) is 4.79 Å². The fourth-order valence-corrected chi connectivity index (χ4v) is 10.4. The lowest BCUT2D eigenvalue weighted by Gasteiger charge is -2.54. The van der Waals surface area contributed by atoms with Gasteiger partial charge in [0.25, 0.3) is 0 Å². The molecule has 21 atom stereocenters. The molecule has 0 aromatic carbocycles. The Hall–Kier alpha value is -1.61. The molecule has 5 aliphatic rings. The average molecular weight is 915 g/mol. The van der Waals surface area contributed by atoms with E-state index >= 15 is 0 Å². The fourth-order valence-electron chi connectivity index (χ4n) is 10.4. The van der Waals surface area contributed by atoms with Gasteiger partial charge in [0.05, 0.1) is 54.9 Å². The lowest BCUT2D eigenvalue weighted by Crippen LogP contribution is -2.60. The minimum Gasteiger partial charge on any atom is -0.459 e. The largest absolute Gasteiger partial charge is 0.459 e. The average Bonchev–Trinajstić information content (AvgIpc) is 3.25. The predicted molar refractivity (Wildman–Crippen MR) is 234 cm³/mol. The Morgan fingerprint density at radius 3 is 2.30 bits per heavy atom.